The van der Waals surface area contributed by atoms with Crippen LogP contribution in [-0.2, 0) is 9.47 Å². The Balaban J connectivity index is 2.30. The minimum atomic E-state index is -4.55. The number of aliphatic hydroxyl groups excluding tert-OH is 1. The number of ether oxygens (including phenoxy) is 2. The SMILES string of the molecule is CC(F)(F)C(F)(F)OCC(O)CC1CCOCC1. The van der Waals surface area contributed by atoms with Crippen LogP contribution in [0.5, 0.6) is 0 Å². The first-order valence-corrected chi connectivity index (χ1v) is 5.88. The summed E-state index contributed by atoms with van der Waals surface area (Å²) in [6.45, 7) is 0.425. The predicted molar refractivity (Wildman–Crippen MR) is 55.7 cm³/mol. The normalized spacial score (nSPS) is 21.0. The molecule has 0 aliphatic carbocycles. The van der Waals surface area contributed by atoms with Gasteiger partial charge < -0.3 is 14.6 Å². The van der Waals surface area contributed by atoms with Crippen molar-refractivity contribution < 1.29 is 32.1 Å². The number of rotatable bonds is 6. The molecule has 1 fully saturated rings. The Labute approximate surface area is 103 Å². The third-order valence-electron chi connectivity index (χ3n) is 2.91. The van der Waals surface area contributed by atoms with Gasteiger partial charge in [-0.2, -0.15) is 17.6 Å². The van der Waals surface area contributed by atoms with E-state index in [0.29, 0.717) is 13.2 Å². The van der Waals surface area contributed by atoms with Gasteiger partial charge in [-0.1, -0.05) is 0 Å². The van der Waals surface area contributed by atoms with E-state index in [1.54, 1.807) is 0 Å². The zero-order valence-electron chi connectivity index (χ0n) is 10.2. The molecule has 0 radical (unpaired) electrons. The van der Waals surface area contributed by atoms with Crippen molar-refractivity contribution in [1.29, 1.82) is 0 Å². The smallest absolute Gasteiger partial charge is 0.391 e. The van der Waals surface area contributed by atoms with E-state index in [4.69, 9.17) is 4.74 Å². The van der Waals surface area contributed by atoms with E-state index in [9.17, 15) is 22.7 Å². The lowest BCUT2D eigenvalue weighted by molar-refractivity contribution is -0.346. The summed E-state index contributed by atoms with van der Waals surface area (Å²) in [7, 11) is 0. The van der Waals surface area contributed by atoms with Crippen LogP contribution in [0.1, 0.15) is 26.2 Å². The quantitative estimate of drug-likeness (QED) is 0.756. The molecule has 0 spiro atoms. The van der Waals surface area contributed by atoms with Crippen LogP contribution in [0, 0.1) is 5.92 Å². The Morgan fingerprint density at radius 3 is 2.33 bits per heavy atom. The standard InChI is InChI=1S/C11H18F4O3/c1-10(12,13)11(14,15)18-7-9(16)6-8-2-4-17-5-3-8/h8-9,16H,2-7H2,1H3. The molecule has 1 atom stereocenters. The van der Waals surface area contributed by atoms with Crippen molar-refractivity contribution in [3.05, 3.63) is 0 Å². The van der Waals surface area contributed by atoms with Gasteiger partial charge in [0.1, 0.15) is 0 Å². The van der Waals surface area contributed by atoms with Gasteiger partial charge in [0.05, 0.1) is 12.7 Å². The minimum Gasteiger partial charge on any atom is -0.391 e. The topological polar surface area (TPSA) is 38.7 Å². The molecule has 1 rings (SSSR count). The molecular weight excluding hydrogens is 256 g/mol. The van der Waals surface area contributed by atoms with Gasteiger partial charge in [-0.25, -0.2) is 0 Å². The fourth-order valence-corrected chi connectivity index (χ4v) is 1.76. The van der Waals surface area contributed by atoms with Crippen LogP contribution in [-0.4, -0.2) is 43.1 Å². The Hall–Kier alpha value is -0.400. The largest absolute Gasteiger partial charge is 0.419 e. The van der Waals surface area contributed by atoms with E-state index < -0.39 is 24.7 Å². The Bertz CT molecular complexity index is 249. The fourth-order valence-electron chi connectivity index (χ4n) is 1.76. The van der Waals surface area contributed by atoms with Gasteiger partial charge in [-0.05, 0) is 25.2 Å². The van der Waals surface area contributed by atoms with Crippen LogP contribution in [0.25, 0.3) is 0 Å². The first kappa shape index (κ1) is 15.7. The van der Waals surface area contributed by atoms with Gasteiger partial charge in [0.25, 0.3) is 0 Å². The monoisotopic (exact) mass is 274 g/mol. The van der Waals surface area contributed by atoms with Gasteiger partial charge in [-0.15, -0.1) is 0 Å². The maximum atomic E-state index is 12.8. The van der Waals surface area contributed by atoms with E-state index in [2.05, 4.69) is 4.74 Å². The Morgan fingerprint density at radius 2 is 1.83 bits per heavy atom. The molecule has 1 aliphatic heterocycles. The average molecular weight is 274 g/mol. The van der Waals surface area contributed by atoms with Crippen molar-refractivity contribution in [1.82, 2.24) is 0 Å². The summed E-state index contributed by atoms with van der Waals surface area (Å²) in [6, 6.07) is 0. The Kier molecular flexibility index (Phi) is 5.36. The molecule has 18 heavy (non-hydrogen) atoms. The molecule has 0 aromatic rings. The number of halogens is 4. The summed E-state index contributed by atoms with van der Waals surface area (Å²) in [6.07, 6.45) is -3.99. The summed E-state index contributed by atoms with van der Waals surface area (Å²) in [5.74, 6) is -4.10. The summed E-state index contributed by atoms with van der Waals surface area (Å²) >= 11 is 0. The van der Waals surface area contributed by atoms with E-state index >= 15 is 0 Å². The van der Waals surface area contributed by atoms with Gasteiger partial charge in [0.2, 0.25) is 0 Å². The molecule has 3 nitrogen and oxygen atoms in total. The number of alkyl halides is 4. The molecule has 1 N–H and O–H groups in total. The maximum Gasteiger partial charge on any atom is 0.419 e. The highest BCUT2D eigenvalue weighted by atomic mass is 19.3. The molecule has 0 aromatic heterocycles. The van der Waals surface area contributed by atoms with Crippen LogP contribution in [0.3, 0.4) is 0 Å². The molecule has 1 saturated heterocycles. The molecular formula is C11H18F4O3. The average Bonchev–Trinajstić information content (AvgIpc) is 2.26. The lowest BCUT2D eigenvalue weighted by Gasteiger charge is -2.27. The second-order valence-electron chi connectivity index (χ2n) is 4.66. The molecule has 0 amide bonds. The van der Waals surface area contributed by atoms with Crippen LogP contribution in [0.15, 0.2) is 0 Å². The molecule has 0 aromatic carbocycles. The second-order valence-corrected chi connectivity index (χ2v) is 4.66. The molecule has 1 unspecified atom stereocenters. The van der Waals surface area contributed by atoms with E-state index in [0.717, 1.165) is 12.8 Å². The van der Waals surface area contributed by atoms with Crippen molar-refractivity contribution >= 4 is 0 Å². The maximum absolute atomic E-state index is 12.8. The van der Waals surface area contributed by atoms with Crippen molar-refractivity contribution in [3.63, 3.8) is 0 Å². The van der Waals surface area contributed by atoms with Crippen LogP contribution in [0.2, 0.25) is 0 Å². The predicted octanol–water partition coefficient (Wildman–Crippen LogP) is 2.43. The van der Waals surface area contributed by atoms with E-state index in [1.165, 1.54) is 0 Å². The van der Waals surface area contributed by atoms with Crippen LogP contribution in [0.4, 0.5) is 17.6 Å². The zero-order valence-corrected chi connectivity index (χ0v) is 10.2. The number of hydrogen-bond donors (Lipinski definition) is 1. The van der Waals surface area contributed by atoms with Gasteiger partial charge in [-0.3, -0.25) is 0 Å². The van der Waals surface area contributed by atoms with Crippen LogP contribution >= 0.6 is 0 Å². The molecule has 0 bridgehead atoms. The highest BCUT2D eigenvalue weighted by molar-refractivity contribution is 4.73. The van der Waals surface area contributed by atoms with E-state index in [1.807, 2.05) is 0 Å². The second kappa shape index (κ2) is 6.16. The number of hydrogen-bond acceptors (Lipinski definition) is 3. The van der Waals surface area contributed by atoms with Crippen molar-refractivity contribution in [2.24, 2.45) is 5.92 Å². The highest BCUT2D eigenvalue weighted by Gasteiger charge is 2.54. The first-order chi connectivity index (χ1) is 8.22. The van der Waals surface area contributed by atoms with Gasteiger partial charge in [0, 0.05) is 20.1 Å². The number of aliphatic hydroxyl groups is 1. The molecule has 1 heterocycles. The van der Waals surface area contributed by atoms with Crippen molar-refractivity contribution in [2.45, 2.75) is 44.3 Å². The first-order valence-electron chi connectivity index (χ1n) is 5.88. The summed E-state index contributed by atoms with van der Waals surface area (Å²) < 4.78 is 59.3. The highest BCUT2D eigenvalue weighted by Crippen LogP contribution is 2.34. The summed E-state index contributed by atoms with van der Waals surface area (Å²) in [5, 5.41) is 9.49. The van der Waals surface area contributed by atoms with Gasteiger partial charge in [0.15, 0.2) is 0 Å². The summed E-state index contributed by atoms with van der Waals surface area (Å²) in [5.41, 5.74) is 0. The lowest BCUT2D eigenvalue weighted by atomic mass is 9.94. The minimum absolute atomic E-state index is 0.0812. The molecule has 1 aliphatic rings. The van der Waals surface area contributed by atoms with Crippen LogP contribution < -0.4 is 0 Å². The molecule has 7 heteroatoms. The lowest BCUT2D eigenvalue weighted by Crippen LogP contribution is -2.42. The zero-order chi connectivity index (χ0) is 13.8. The summed E-state index contributed by atoms with van der Waals surface area (Å²) in [4.78, 5) is 0. The van der Waals surface area contributed by atoms with Crippen molar-refractivity contribution in [3.8, 4) is 0 Å². The van der Waals surface area contributed by atoms with Crippen molar-refractivity contribution in [2.75, 3.05) is 19.8 Å². The molecule has 108 valence electrons. The molecule has 0 saturated carbocycles. The third kappa shape index (κ3) is 4.70. The fraction of sp³-hybridized carbons (Fsp3) is 1.00. The third-order valence-corrected chi connectivity index (χ3v) is 2.91. The van der Waals surface area contributed by atoms with E-state index in [-0.39, 0.29) is 19.3 Å². The van der Waals surface area contributed by atoms with Gasteiger partial charge >= 0.3 is 12.0 Å². The Morgan fingerprint density at radius 1 is 1.28 bits per heavy atom.